The number of H-pyrrole nitrogens is 1. The Morgan fingerprint density at radius 1 is 1.39 bits per heavy atom. The zero-order chi connectivity index (χ0) is 16.4. The molecule has 0 atom stereocenters. The quantitative estimate of drug-likeness (QED) is 0.583. The normalized spacial score (nSPS) is 10.8. The Bertz CT molecular complexity index is 953. The molecule has 0 saturated carbocycles. The second kappa shape index (κ2) is 6.49. The number of aromatic amines is 1. The predicted molar refractivity (Wildman–Crippen MR) is 93.0 cm³/mol. The van der Waals surface area contributed by atoms with E-state index >= 15 is 0 Å². The molecule has 0 radical (unpaired) electrons. The number of halogens is 1. The van der Waals surface area contributed by atoms with Crippen LogP contribution in [0.2, 0.25) is 5.02 Å². The van der Waals surface area contributed by atoms with Gasteiger partial charge in [0.1, 0.15) is 0 Å². The largest absolute Gasteiger partial charge is 0.350 e. The van der Waals surface area contributed by atoms with Crippen molar-refractivity contribution < 1.29 is 0 Å². The highest BCUT2D eigenvalue weighted by atomic mass is 35.5. The number of benzene rings is 1. The number of hydrogen-bond acceptors (Lipinski definition) is 4. The predicted octanol–water partition coefficient (Wildman–Crippen LogP) is 3.03. The summed E-state index contributed by atoms with van der Waals surface area (Å²) in [5.41, 5.74) is 2.77. The maximum absolute atomic E-state index is 12.2. The number of hydrogen-bond donors (Lipinski definition) is 1. The molecule has 2 aromatic heterocycles. The van der Waals surface area contributed by atoms with Crippen molar-refractivity contribution in [2.45, 2.75) is 18.5 Å². The Kier molecular flexibility index (Phi) is 4.42. The van der Waals surface area contributed by atoms with Crippen molar-refractivity contribution in [1.82, 2.24) is 19.6 Å². The van der Waals surface area contributed by atoms with Gasteiger partial charge in [0.05, 0.1) is 17.0 Å². The molecule has 0 aliphatic carbocycles. The van der Waals surface area contributed by atoms with Gasteiger partial charge in [0.15, 0.2) is 10.8 Å². The minimum absolute atomic E-state index is 0.329. The van der Waals surface area contributed by atoms with E-state index in [0.29, 0.717) is 28.0 Å². The zero-order valence-electron chi connectivity index (χ0n) is 12.3. The number of nitrogens with one attached hydrogen (secondary N) is 1. The van der Waals surface area contributed by atoms with E-state index in [9.17, 15) is 4.79 Å². The molecule has 1 aromatic carbocycles. The van der Waals surface area contributed by atoms with Gasteiger partial charge < -0.3 is 0 Å². The highest BCUT2D eigenvalue weighted by Crippen LogP contribution is 2.29. The minimum Gasteiger partial charge on any atom is -0.285 e. The molecular formula is C16H13ClN4OS. The monoisotopic (exact) mass is 344 g/mol. The van der Waals surface area contributed by atoms with Crippen LogP contribution in [0.5, 0.6) is 0 Å². The third-order valence-corrected chi connectivity index (χ3v) is 4.34. The summed E-state index contributed by atoms with van der Waals surface area (Å²) < 4.78 is 1.29. The van der Waals surface area contributed by atoms with Crippen molar-refractivity contribution in [2.75, 3.05) is 5.75 Å². The van der Waals surface area contributed by atoms with Crippen LogP contribution >= 0.6 is 23.4 Å². The van der Waals surface area contributed by atoms with Gasteiger partial charge in [0, 0.05) is 5.02 Å². The van der Waals surface area contributed by atoms with Crippen molar-refractivity contribution in [2.24, 2.45) is 0 Å². The lowest BCUT2D eigenvalue weighted by Crippen LogP contribution is -2.19. The van der Waals surface area contributed by atoms with Gasteiger partial charge in [-0.15, -0.1) is 6.42 Å². The zero-order valence-corrected chi connectivity index (χ0v) is 13.9. The molecule has 0 amide bonds. The van der Waals surface area contributed by atoms with Crippen molar-refractivity contribution in [3.63, 3.8) is 0 Å². The van der Waals surface area contributed by atoms with Crippen molar-refractivity contribution in [1.29, 1.82) is 0 Å². The van der Waals surface area contributed by atoms with Crippen LogP contribution < -0.4 is 5.69 Å². The first-order valence-electron chi connectivity index (χ1n) is 6.98. The fourth-order valence-corrected chi connectivity index (χ4v) is 2.96. The van der Waals surface area contributed by atoms with Gasteiger partial charge in [-0.2, -0.15) is 9.61 Å². The topological polar surface area (TPSA) is 63.1 Å². The molecule has 3 aromatic rings. The molecule has 0 fully saturated rings. The Balaban J connectivity index is 2.26. The lowest BCUT2D eigenvalue weighted by molar-refractivity contribution is 0.773. The van der Waals surface area contributed by atoms with E-state index in [1.807, 2.05) is 19.1 Å². The van der Waals surface area contributed by atoms with Crippen molar-refractivity contribution >= 4 is 29.0 Å². The Morgan fingerprint density at radius 2 is 2.13 bits per heavy atom. The Labute approximate surface area is 142 Å². The van der Waals surface area contributed by atoms with E-state index in [2.05, 4.69) is 21.0 Å². The highest BCUT2D eigenvalue weighted by Gasteiger charge is 2.17. The van der Waals surface area contributed by atoms with Crippen LogP contribution in [-0.4, -0.2) is 25.3 Å². The van der Waals surface area contributed by atoms with Crippen molar-refractivity contribution in [3.8, 4) is 23.5 Å². The minimum atomic E-state index is -0.329. The molecule has 0 unspecified atom stereocenters. The lowest BCUT2D eigenvalue weighted by Gasteiger charge is -2.03. The molecule has 2 heterocycles. The third-order valence-electron chi connectivity index (χ3n) is 3.31. The van der Waals surface area contributed by atoms with Crippen LogP contribution in [0.1, 0.15) is 12.6 Å². The Hall–Kier alpha value is -2.23. The van der Waals surface area contributed by atoms with E-state index in [0.717, 1.165) is 16.8 Å². The summed E-state index contributed by atoms with van der Waals surface area (Å²) in [6, 6.07) is 7.41. The molecule has 3 rings (SSSR count). The summed E-state index contributed by atoms with van der Waals surface area (Å²) in [6.07, 6.45) is 5.96. The first-order valence-corrected chi connectivity index (χ1v) is 8.34. The second-order valence-corrected chi connectivity index (χ2v) is 6.16. The average molecular weight is 345 g/mol. The number of aromatic nitrogens is 4. The molecular weight excluding hydrogens is 332 g/mol. The number of rotatable bonds is 4. The van der Waals surface area contributed by atoms with Gasteiger partial charge >= 0.3 is 5.69 Å². The fraction of sp³-hybridized carbons (Fsp3) is 0.188. The Morgan fingerprint density at radius 3 is 2.78 bits per heavy atom. The highest BCUT2D eigenvalue weighted by molar-refractivity contribution is 7.99. The van der Waals surface area contributed by atoms with E-state index in [-0.39, 0.29) is 5.69 Å². The maximum atomic E-state index is 12.2. The van der Waals surface area contributed by atoms with Gasteiger partial charge in [-0.3, -0.25) is 4.98 Å². The molecule has 23 heavy (non-hydrogen) atoms. The summed E-state index contributed by atoms with van der Waals surface area (Å²) in [7, 11) is 0. The smallest absolute Gasteiger partial charge is 0.285 e. The van der Waals surface area contributed by atoms with Gasteiger partial charge in [0.2, 0.25) is 0 Å². The summed E-state index contributed by atoms with van der Waals surface area (Å²) in [6.45, 7) is 1.99. The van der Waals surface area contributed by atoms with Crippen molar-refractivity contribution in [3.05, 3.63) is 45.5 Å². The number of terminal acetylenes is 1. The molecule has 7 heteroatoms. The van der Waals surface area contributed by atoms with E-state index < -0.39 is 0 Å². The van der Waals surface area contributed by atoms with Gasteiger partial charge in [-0.25, -0.2) is 9.78 Å². The van der Waals surface area contributed by atoms with E-state index in [1.165, 1.54) is 16.3 Å². The van der Waals surface area contributed by atoms with Crippen LogP contribution in [0, 0.1) is 12.3 Å². The molecule has 0 bridgehead atoms. The summed E-state index contributed by atoms with van der Waals surface area (Å²) in [4.78, 5) is 19.5. The van der Waals surface area contributed by atoms with Crippen LogP contribution in [0.3, 0.4) is 0 Å². The SMILES string of the molecule is C#CCSc1nc2c(-c3ccc(Cl)cc3)c(CC)nn2c(=O)[nH]1. The first-order chi connectivity index (χ1) is 11.1. The molecule has 5 nitrogen and oxygen atoms in total. The van der Waals surface area contributed by atoms with Crippen LogP contribution in [0.4, 0.5) is 0 Å². The van der Waals surface area contributed by atoms with Gasteiger partial charge in [-0.05, 0) is 24.1 Å². The van der Waals surface area contributed by atoms with Crippen LogP contribution in [0.15, 0.2) is 34.2 Å². The number of fused-ring (bicyclic) bond motifs is 1. The third kappa shape index (κ3) is 2.98. The number of nitrogens with zero attached hydrogens (tertiary/aromatic N) is 3. The molecule has 0 aliphatic heterocycles. The van der Waals surface area contributed by atoms with Crippen LogP contribution in [-0.2, 0) is 6.42 Å². The number of thioether (sulfide) groups is 1. The average Bonchev–Trinajstić information content (AvgIpc) is 2.93. The standard InChI is InChI=1S/C16H13ClN4OS/c1-3-9-23-15-18-14-13(10-5-7-11(17)8-6-10)12(4-2)20-21(14)16(22)19-15/h1,5-8H,4,9H2,2H3,(H,18,19,22). The van der Waals surface area contributed by atoms with E-state index in [1.54, 1.807) is 12.1 Å². The maximum Gasteiger partial charge on any atom is 0.350 e. The first kappa shape index (κ1) is 15.7. The van der Waals surface area contributed by atoms with Gasteiger partial charge in [0.25, 0.3) is 0 Å². The van der Waals surface area contributed by atoms with Crippen LogP contribution in [0.25, 0.3) is 16.8 Å². The van der Waals surface area contributed by atoms with Gasteiger partial charge in [-0.1, -0.05) is 48.3 Å². The molecule has 0 saturated heterocycles. The summed E-state index contributed by atoms with van der Waals surface area (Å²) in [5.74, 6) is 2.95. The summed E-state index contributed by atoms with van der Waals surface area (Å²) in [5, 5.41) is 5.52. The molecule has 0 spiro atoms. The number of aryl methyl sites for hydroxylation is 1. The molecule has 116 valence electrons. The fourth-order valence-electron chi connectivity index (χ4n) is 2.30. The molecule has 1 N–H and O–H groups in total. The lowest BCUT2D eigenvalue weighted by atomic mass is 10.0. The molecule has 0 aliphatic rings. The summed E-state index contributed by atoms with van der Waals surface area (Å²) >= 11 is 7.27. The van der Waals surface area contributed by atoms with E-state index in [4.69, 9.17) is 18.0 Å². The second-order valence-electron chi connectivity index (χ2n) is 4.76.